The van der Waals surface area contributed by atoms with Crippen LogP contribution in [0.4, 0.5) is 0 Å². The Morgan fingerprint density at radius 2 is 0.393 bits per heavy atom. The Balaban J connectivity index is 1.35. The smallest absolute Gasteiger partial charge is 0.164 e. The summed E-state index contributed by atoms with van der Waals surface area (Å²) in [6.45, 7) is 26.6. The third kappa shape index (κ3) is 5.97. The Morgan fingerprint density at radius 1 is 0.232 bits per heavy atom. The van der Waals surface area contributed by atoms with E-state index in [1.807, 2.05) is 0 Å². The van der Waals surface area contributed by atoms with Crippen LogP contribution >= 0.6 is 0 Å². The summed E-state index contributed by atoms with van der Waals surface area (Å²) < 4.78 is 0. The van der Waals surface area contributed by atoms with Crippen LogP contribution in [-0.4, -0.2) is 46.7 Å². The van der Waals surface area contributed by atoms with Crippen molar-refractivity contribution in [3.8, 4) is 0 Å². The third-order valence-corrected chi connectivity index (χ3v) is 11.2. The monoisotopic (exact) mass is 736 g/mol. The van der Waals surface area contributed by atoms with Gasteiger partial charge in [-0.3, -0.25) is 0 Å². The van der Waals surface area contributed by atoms with E-state index in [-0.39, 0.29) is 21.7 Å². The first-order chi connectivity index (χ1) is 26.2. The summed E-state index contributed by atoms with van der Waals surface area (Å²) in [5.74, 6) is 4.49. The second kappa shape index (κ2) is 11.9. The lowest BCUT2D eigenvalue weighted by molar-refractivity contribution is 0.590. The molecule has 5 aliphatic rings. The molecule has 9 rings (SSSR count). The molecule has 0 amide bonds. The topological polar surface area (TPSA) is 98.9 Å². The van der Waals surface area contributed by atoms with E-state index >= 15 is 0 Å². The molecule has 0 atom stereocenters. The average Bonchev–Trinajstić information content (AvgIpc) is 3.84. The van der Waals surface area contributed by atoms with Crippen LogP contribution in [0.1, 0.15) is 150 Å². The zero-order chi connectivity index (χ0) is 39.7. The lowest BCUT2D eigenvalue weighted by Crippen LogP contribution is -2.13. The minimum Gasteiger partial charge on any atom is -0.208 e. The Kier molecular flexibility index (Phi) is 7.61. The molecule has 56 heavy (non-hydrogen) atoms. The van der Waals surface area contributed by atoms with Gasteiger partial charge in [-0.15, -0.1) is 0 Å². The molecular weight excluding hydrogens is 689 g/mol. The van der Waals surface area contributed by atoms with E-state index in [4.69, 9.17) is 39.9 Å². The molecule has 4 aromatic rings. The number of amidine groups is 8. The zero-order valence-electron chi connectivity index (χ0n) is 34.5. The fourth-order valence-electron chi connectivity index (χ4n) is 7.53. The maximum Gasteiger partial charge on any atom is 0.164 e. The number of rotatable bonds is 0. The summed E-state index contributed by atoms with van der Waals surface area (Å²) in [5.41, 5.74) is 11.7. The molecule has 0 radical (unpaired) electrons. The van der Waals surface area contributed by atoms with Crippen LogP contribution in [0.25, 0.3) is 0 Å². The van der Waals surface area contributed by atoms with Crippen molar-refractivity contribution in [2.24, 2.45) is 39.9 Å². The Bertz CT molecular complexity index is 2320. The fourth-order valence-corrected chi connectivity index (χ4v) is 7.53. The number of fused-ring (bicyclic) bond motifs is 16. The standard InChI is InChI=1S/C48H48N8/c1-45(2,3)25-13-17-29-33(21-25)41-49-37(29)54-42-35-23-27(47(7,8)9)15-19-31(35)39(51-42)56-44-36-24-28(48(10,11)12)16-20-32(36)40(52-44)55-43-34-22-26(46(4,5)6)14-18-30(34)38(50-43)53-41/h13-24H,1-12H3/b53-38-,53-41?,54-37-,54-42?,55-40-,55-43?,56-39-,56-44?. The predicted octanol–water partition coefficient (Wildman–Crippen LogP) is 10.0. The molecule has 0 saturated heterocycles. The Labute approximate surface area is 329 Å². The van der Waals surface area contributed by atoms with E-state index in [2.05, 4.69) is 156 Å². The summed E-state index contributed by atoms with van der Waals surface area (Å²) >= 11 is 0. The lowest BCUT2D eigenvalue weighted by atomic mass is 9.85. The van der Waals surface area contributed by atoms with E-state index in [1.165, 1.54) is 22.3 Å². The second-order valence-corrected chi connectivity index (χ2v) is 19.5. The van der Waals surface area contributed by atoms with E-state index in [0.29, 0.717) is 46.7 Å². The molecule has 8 heteroatoms. The minimum absolute atomic E-state index is 0.0826. The molecular formula is C48H48N8. The van der Waals surface area contributed by atoms with Gasteiger partial charge in [-0.05, 0) is 68.2 Å². The second-order valence-electron chi connectivity index (χ2n) is 19.5. The first kappa shape index (κ1) is 35.9. The average molecular weight is 737 g/mol. The first-order valence-corrected chi connectivity index (χ1v) is 19.5. The zero-order valence-corrected chi connectivity index (χ0v) is 34.5. The molecule has 0 fully saturated rings. The highest BCUT2D eigenvalue weighted by atomic mass is 15.1. The maximum atomic E-state index is 5.25. The van der Waals surface area contributed by atoms with Crippen molar-refractivity contribution >= 4 is 46.7 Å². The molecule has 280 valence electrons. The van der Waals surface area contributed by atoms with Gasteiger partial charge >= 0.3 is 0 Å². The molecule has 0 spiro atoms. The van der Waals surface area contributed by atoms with Gasteiger partial charge in [-0.2, -0.15) is 0 Å². The molecule has 8 bridgehead atoms. The predicted molar refractivity (Wildman–Crippen MR) is 233 cm³/mol. The first-order valence-electron chi connectivity index (χ1n) is 19.5. The third-order valence-electron chi connectivity index (χ3n) is 11.2. The minimum atomic E-state index is -0.0826. The van der Waals surface area contributed by atoms with Crippen LogP contribution in [-0.2, 0) is 21.7 Å². The van der Waals surface area contributed by atoms with Crippen molar-refractivity contribution in [1.82, 2.24) is 0 Å². The summed E-state index contributed by atoms with van der Waals surface area (Å²) in [6.07, 6.45) is 0. The van der Waals surface area contributed by atoms with Crippen molar-refractivity contribution in [2.75, 3.05) is 0 Å². The summed E-state index contributed by atoms with van der Waals surface area (Å²) in [5, 5.41) is 0. The van der Waals surface area contributed by atoms with E-state index in [0.717, 1.165) is 44.5 Å². The SMILES string of the molecule is CC(C)(C)c1ccc2c(c1)C1=NC/2=N\C2=NC(=N\C3=NC(=N\C4=NC(=N\1)/c1ccc(C(C)(C)C)cc14)/c1ccc(C(C)(C)C)cc13)/c1ccc(C(C)(C)C)cc12. The van der Waals surface area contributed by atoms with Crippen molar-refractivity contribution in [3.05, 3.63) is 140 Å². The van der Waals surface area contributed by atoms with Crippen molar-refractivity contribution in [2.45, 2.75) is 105 Å². The van der Waals surface area contributed by atoms with Gasteiger partial charge in [-0.25, -0.2) is 39.9 Å². The van der Waals surface area contributed by atoms with Gasteiger partial charge in [0.2, 0.25) is 0 Å². The molecule has 0 saturated carbocycles. The quantitative estimate of drug-likeness (QED) is 0.172. The van der Waals surface area contributed by atoms with E-state index in [9.17, 15) is 0 Å². The highest BCUT2D eigenvalue weighted by Crippen LogP contribution is 2.36. The molecule has 5 heterocycles. The molecule has 0 aliphatic carbocycles. The van der Waals surface area contributed by atoms with Gasteiger partial charge < -0.3 is 0 Å². The Morgan fingerprint density at radius 3 is 0.554 bits per heavy atom. The Hall–Kier alpha value is -5.76. The van der Waals surface area contributed by atoms with Crippen molar-refractivity contribution < 1.29 is 0 Å². The summed E-state index contributed by atoms with van der Waals surface area (Å²) in [6, 6.07) is 25.9. The number of hydrogen-bond acceptors (Lipinski definition) is 8. The van der Waals surface area contributed by atoms with Gasteiger partial charge in [-0.1, -0.05) is 132 Å². The van der Waals surface area contributed by atoms with Crippen LogP contribution in [0.5, 0.6) is 0 Å². The van der Waals surface area contributed by atoms with Gasteiger partial charge in [0.15, 0.2) is 46.7 Å². The molecule has 5 aliphatic heterocycles. The molecule has 0 N–H and O–H groups in total. The normalized spacial score (nSPS) is 20.8. The molecule has 0 aromatic heterocycles. The van der Waals surface area contributed by atoms with E-state index < -0.39 is 0 Å². The maximum absolute atomic E-state index is 5.25. The van der Waals surface area contributed by atoms with Crippen molar-refractivity contribution in [3.63, 3.8) is 0 Å². The fraction of sp³-hybridized carbons (Fsp3) is 0.333. The molecule has 4 aromatic carbocycles. The number of hydrogen-bond donors (Lipinski definition) is 0. The molecule has 8 nitrogen and oxygen atoms in total. The van der Waals surface area contributed by atoms with Gasteiger partial charge in [0.05, 0.1) is 0 Å². The van der Waals surface area contributed by atoms with Crippen molar-refractivity contribution in [1.29, 1.82) is 0 Å². The summed E-state index contributed by atoms with van der Waals surface area (Å²) in [4.78, 5) is 41.6. The van der Waals surface area contributed by atoms with E-state index in [1.54, 1.807) is 0 Å². The number of nitrogens with zero attached hydrogens (tertiary/aromatic N) is 8. The van der Waals surface area contributed by atoms with Gasteiger partial charge in [0, 0.05) is 44.5 Å². The highest BCUT2D eigenvalue weighted by molar-refractivity contribution is 6.35. The van der Waals surface area contributed by atoms with Crippen LogP contribution in [0.15, 0.2) is 113 Å². The van der Waals surface area contributed by atoms with Gasteiger partial charge in [0.1, 0.15) is 0 Å². The number of benzene rings is 4. The summed E-state index contributed by atoms with van der Waals surface area (Å²) in [7, 11) is 0. The highest BCUT2D eigenvalue weighted by Gasteiger charge is 2.34. The van der Waals surface area contributed by atoms with Crippen LogP contribution in [0, 0.1) is 0 Å². The van der Waals surface area contributed by atoms with Crippen LogP contribution in [0.2, 0.25) is 0 Å². The number of aliphatic imine (C=N–C) groups is 8. The molecule has 0 unspecified atom stereocenters. The van der Waals surface area contributed by atoms with Gasteiger partial charge in [0.25, 0.3) is 0 Å². The van der Waals surface area contributed by atoms with Crippen LogP contribution < -0.4 is 0 Å². The largest absolute Gasteiger partial charge is 0.208 e. The van der Waals surface area contributed by atoms with Crippen LogP contribution in [0.3, 0.4) is 0 Å². The lowest BCUT2D eigenvalue weighted by Gasteiger charge is -2.20.